The lowest BCUT2D eigenvalue weighted by atomic mass is 10.5. The van der Waals surface area contributed by atoms with E-state index in [0.717, 1.165) is 10.0 Å². The smallest absolute Gasteiger partial charge is 0.311 e. The fourth-order valence-corrected chi connectivity index (χ4v) is 3.69. The Bertz CT molecular complexity index is 541. The summed E-state index contributed by atoms with van der Waals surface area (Å²) < 4.78 is 0. The van der Waals surface area contributed by atoms with Crippen LogP contribution in [-0.2, 0) is 0 Å². The third-order valence-electron chi connectivity index (χ3n) is 3.01. The number of urea groups is 1. The molecular weight excluding hydrogens is 282 g/mol. The quantitative estimate of drug-likeness (QED) is 0.663. The maximum atomic E-state index is 11.7. The van der Waals surface area contributed by atoms with Gasteiger partial charge in [0.25, 0.3) is 0 Å². The van der Waals surface area contributed by atoms with Gasteiger partial charge in [-0.2, -0.15) is 5.10 Å². The Kier molecular flexibility index (Phi) is 3.19. The minimum atomic E-state index is -0.123. The van der Waals surface area contributed by atoms with Crippen LogP contribution < -0.4 is 5.43 Å². The molecule has 0 aliphatic carbocycles. The molecule has 0 radical (unpaired) electrons. The number of hydrogen-bond acceptors (Lipinski definition) is 6. The van der Waals surface area contributed by atoms with Crippen molar-refractivity contribution in [3.8, 4) is 0 Å². The molecule has 3 heterocycles. The number of fused-ring (bicyclic) bond motifs is 1. The number of likely N-dealkylation sites (N-methyl/N-ethyl adjacent to an activating group) is 2. The zero-order chi connectivity index (χ0) is 13.4. The second-order valence-electron chi connectivity index (χ2n) is 4.25. The summed E-state index contributed by atoms with van der Waals surface area (Å²) in [6.45, 7) is 0. The summed E-state index contributed by atoms with van der Waals surface area (Å²) in [5.41, 5.74) is 2.93. The molecule has 8 heteroatoms. The predicted octanol–water partition coefficient (Wildman–Crippen LogP) is 1.42. The van der Waals surface area contributed by atoms with E-state index < -0.39 is 0 Å². The van der Waals surface area contributed by atoms with Crippen LogP contribution in [0.2, 0.25) is 0 Å². The predicted molar refractivity (Wildman–Crippen MR) is 78.6 cm³/mol. The molecule has 1 aromatic rings. The maximum Gasteiger partial charge on any atom is 0.322 e. The van der Waals surface area contributed by atoms with Crippen LogP contribution in [0.25, 0.3) is 0 Å². The van der Waals surface area contributed by atoms with Crippen LogP contribution in [0.15, 0.2) is 27.6 Å². The van der Waals surface area contributed by atoms with Gasteiger partial charge in [-0.25, -0.2) is 9.79 Å². The monoisotopic (exact) mass is 295 g/mol. The number of hydrazone groups is 1. The second kappa shape index (κ2) is 4.86. The topological polar surface area (TPSA) is 60.3 Å². The van der Waals surface area contributed by atoms with E-state index in [1.54, 1.807) is 41.4 Å². The highest BCUT2D eigenvalue weighted by atomic mass is 32.2. The van der Waals surface area contributed by atoms with Gasteiger partial charge in [-0.1, -0.05) is 17.8 Å². The lowest BCUT2D eigenvalue weighted by Crippen LogP contribution is -2.30. The molecule has 2 aliphatic rings. The molecule has 2 unspecified atom stereocenters. The average molecular weight is 295 g/mol. The van der Waals surface area contributed by atoms with Crippen molar-refractivity contribution in [2.45, 2.75) is 11.5 Å². The van der Waals surface area contributed by atoms with Crippen LogP contribution in [-0.4, -0.2) is 52.8 Å². The number of nitrogens with zero attached hydrogens (tertiary/aromatic N) is 4. The van der Waals surface area contributed by atoms with Crippen molar-refractivity contribution in [2.24, 2.45) is 10.1 Å². The molecule has 3 rings (SSSR count). The number of thioether (sulfide) groups is 1. The van der Waals surface area contributed by atoms with Gasteiger partial charge < -0.3 is 9.80 Å². The lowest BCUT2D eigenvalue weighted by Gasteiger charge is -2.14. The normalized spacial score (nSPS) is 26.2. The minimum absolute atomic E-state index is 0.00684. The van der Waals surface area contributed by atoms with E-state index >= 15 is 0 Å². The van der Waals surface area contributed by atoms with Crippen LogP contribution in [0, 0.1) is 0 Å². The molecule has 2 atom stereocenters. The van der Waals surface area contributed by atoms with Gasteiger partial charge in [0.1, 0.15) is 5.37 Å². The van der Waals surface area contributed by atoms with E-state index in [4.69, 9.17) is 0 Å². The largest absolute Gasteiger partial charge is 0.322 e. The molecule has 1 aromatic heterocycles. The molecule has 100 valence electrons. The van der Waals surface area contributed by atoms with Crippen molar-refractivity contribution in [3.63, 3.8) is 0 Å². The number of aliphatic imine (C=N–C) groups is 1. The van der Waals surface area contributed by atoms with Gasteiger partial charge in [-0.15, -0.1) is 11.3 Å². The highest BCUT2D eigenvalue weighted by Gasteiger charge is 2.46. The summed E-state index contributed by atoms with van der Waals surface area (Å²) >= 11 is 3.15. The van der Waals surface area contributed by atoms with Gasteiger partial charge in [-0.05, 0) is 11.4 Å². The zero-order valence-electron chi connectivity index (χ0n) is 10.5. The molecule has 0 spiro atoms. The number of rotatable bonds is 2. The van der Waals surface area contributed by atoms with Gasteiger partial charge >= 0.3 is 6.03 Å². The van der Waals surface area contributed by atoms with Crippen molar-refractivity contribution in [1.29, 1.82) is 0 Å². The minimum Gasteiger partial charge on any atom is -0.311 e. The van der Waals surface area contributed by atoms with Crippen molar-refractivity contribution >= 4 is 40.5 Å². The van der Waals surface area contributed by atoms with E-state index in [0.29, 0.717) is 0 Å². The first-order valence-electron chi connectivity index (χ1n) is 5.73. The van der Waals surface area contributed by atoms with Gasteiger partial charge in [0.2, 0.25) is 0 Å². The summed E-state index contributed by atoms with van der Waals surface area (Å²) in [7, 11) is 3.56. The Morgan fingerprint density at radius 1 is 1.47 bits per heavy atom. The molecule has 0 saturated carbocycles. The first-order chi connectivity index (χ1) is 9.16. The van der Waals surface area contributed by atoms with Crippen LogP contribution in [0.3, 0.4) is 0 Å². The number of carbonyl (C=O) groups excluding carboxylic acids is 1. The molecule has 2 amide bonds. The maximum absolute atomic E-state index is 11.7. The molecule has 1 saturated heterocycles. The first-order valence-corrected chi connectivity index (χ1v) is 7.49. The summed E-state index contributed by atoms with van der Waals surface area (Å²) in [6, 6.07) is 3.98. The number of amidine groups is 1. The standard InChI is InChI=1S/C11H13N5OS2/c1-15-8-9(16(2)11(15)17)19-10(13-8)14-12-6-7-4-3-5-18-7/h3-6,8-9H,1-2H3,(H,13,14)/b12-6+. The Morgan fingerprint density at radius 2 is 2.32 bits per heavy atom. The van der Waals surface area contributed by atoms with E-state index in [1.165, 1.54) is 11.8 Å². The number of thiophene rings is 1. The Balaban J connectivity index is 1.64. The van der Waals surface area contributed by atoms with E-state index in [2.05, 4.69) is 15.5 Å². The summed E-state index contributed by atoms with van der Waals surface area (Å²) in [4.78, 5) is 20.6. The number of carbonyl (C=O) groups is 1. The molecule has 0 bridgehead atoms. The van der Waals surface area contributed by atoms with E-state index in [-0.39, 0.29) is 17.6 Å². The number of nitrogens with one attached hydrogen (secondary N) is 1. The van der Waals surface area contributed by atoms with Gasteiger partial charge in [-0.3, -0.25) is 5.43 Å². The SMILES string of the molecule is CN1C(=O)N(C)C2SC(N/N=C/c3cccs3)=NC21. The van der Waals surface area contributed by atoms with Crippen molar-refractivity contribution in [3.05, 3.63) is 22.4 Å². The highest BCUT2D eigenvalue weighted by Crippen LogP contribution is 2.35. The zero-order valence-corrected chi connectivity index (χ0v) is 12.1. The first kappa shape index (κ1) is 12.5. The molecule has 0 aromatic carbocycles. The fraction of sp³-hybridized carbons (Fsp3) is 0.364. The van der Waals surface area contributed by atoms with Gasteiger partial charge in [0, 0.05) is 19.0 Å². The van der Waals surface area contributed by atoms with Crippen LogP contribution in [0.5, 0.6) is 0 Å². The highest BCUT2D eigenvalue weighted by molar-refractivity contribution is 8.14. The molecule has 1 N–H and O–H groups in total. The third kappa shape index (κ3) is 2.21. The van der Waals surface area contributed by atoms with Gasteiger partial charge in [0.05, 0.1) is 6.21 Å². The van der Waals surface area contributed by atoms with Crippen LogP contribution >= 0.6 is 23.1 Å². The molecule has 6 nitrogen and oxygen atoms in total. The lowest BCUT2D eigenvalue weighted by molar-refractivity contribution is 0.201. The molecule has 19 heavy (non-hydrogen) atoms. The number of amides is 2. The van der Waals surface area contributed by atoms with E-state index in [9.17, 15) is 4.79 Å². The molecule has 1 fully saturated rings. The van der Waals surface area contributed by atoms with Crippen molar-refractivity contribution in [2.75, 3.05) is 14.1 Å². The molecule has 2 aliphatic heterocycles. The summed E-state index contributed by atoms with van der Waals surface area (Å²) in [6.07, 6.45) is 1.64. The van der Waals surface area contributed by atoms with Crippen molar-refractivity contribution < 1.29 is 4.79 Å². The number of hydrogen-bond donors (Lipinski definition) is 1. The molecular formula is C11H13N5OS2. The second-order valence-corrected chi connectivity index (χ2v) is 6.33. The van der Waals surface area contributed by atoms with Crippen molar-refractivity contribution in [1.82, 2.24) is 15.2 Å². The Morgan fingerprint density at radius 3 is 3.00 bits per heavy atom. The average Bonchev–Trinajstić information content (AvgIpc) is 3.08. The fourth-order valence-electron chi connectivity index (χ4n) is 1.99. The van der Waals surface area contributed by atoms with Crippen LogP contribution in [0.4, 0.5) is 4.79 Å². The summed E-state index contributed by atoms with van der Waals surface area (Å²) in [5.74, 6) is 0. The van der Waals surface area contributed by atoms with E-state index in [1.807, 2.05) is 17.5 Å². The summed E-state index contributed by atoms with van der Waals surface area (Å²) in [5, 5.41) is 6.94. The van der Waals surface area contributed by atoms with Crippen LogP contribution in [0.1, 0.15) is 4.88 Å². The third-order valence-corrected chi connectivity index (χ3v) is 5.04. The Labute approximate surface area is 119 Å². The van der Waals surface area contributed by atoms with Gasteiger partial charge in [0.15, 0.2) is 11.3 Å². The Hall–Kier alpha value is -1.54.